The highest BCUT2D eigenvalue weighted by Gasteiger charge is 2.25. The molecule has 1 aliphatic rings. The molecule has 0 heterocycles. The number of esters is 1. The highest BCUT2D eigenvalue weighted by molar-refractivity contribution is 5.81. The number of hydrogen-bond acceptors (Lipinski definition) is 8. The predicted molar refractivity (Wildman–Crippen MR) is 122 cm³/mol. The molecule has 34 heavy (non-hydrogen) atoms. The number of amides is 2. The predicted octanol–water partition coefficient (Wildman–Crippen LogP) is 4.00. The second-order valence-electron chi connectivity index (χ2n) is 8.60. The summed E-state index contributed by atoms with van der Waals surface area (Å²) in [6, 6.07) is 0.719. The van der Waals surface area contributed by atoms with Gasteiger partial charge < -0.3 is 24.8 Å². The maximum Gasteiger partial charge on any atom is 0.408 e. The van der Waals surface area contributed by atoms with Crippen molar-refractivity contribution in [2.45, 2.75) is 65.0 Å². The summed E-state index contributed by atoms with van der Waals surface area (Å²) in [5, 5.41) is 17.3. The molecule has 12 heteroatoms. The van der Waals surface area contributed by atoms with Gasteiger partial charge in [-0.3, -0.25) is 0 Å². The van der Waals surface area contributed by atoms with Crippen LogP contribution >= 0.6 is 0 Å². The molecule has 2 N–H and O–H groups in total. The molecule has 186 valence electrons. The number of nitrogens with one attached hydrogen (secondary N) is 2. The van der Waals surface area contributed by atoms with Gasteiger partial charge in [0, 0.05) is 17.2 Å². The first-order chi connectivity index (χ1) is 16.1. The summed E-state index contributed by atoms with van der Waals surface area (Å²) in [6.45, 7) is 6.91. The fourth-order valence-corrected chi connectivity index (χ4v) is 3.01. The Balaban J connectivity index is 2.46. The smallest absolute Gasteiger partial charge is 0.408 e. The standard InChI is InChI=1S/C22H32N6O6/c1-15-8-7-10-17(27-28-24)16(15)14-33-20(30)25-12-6-5-9-18(19(29)32-13-11-23)26-21(31)34-22(2,3)4/h7,10,15,18H,5-6,8-9,12-14H2,1-4H3,(H,25,30)(H,26,31)/t15?,18-/m0/s1. The number of rotatable bonds is 11. The van der Waals surface area contributed by atoms with E-state index >= 15 is 0 Å². The summed E-state index contributed by atoms with van der Waals surface area (Å²) in [6.07, 6.45) is 4.18. The number of nitriles is 1. The molecule has 0 aliphatic heterocycles. The van der Waals surface area contributed by atoms with Gasteiger partial charge in [0.25, 0.3) is 0 Å². The lowest BCUT2D eigenvalue weighted by atomic mass is 9.92. The largest absolute Gasteiger partial charge is 0.449 e. The van der Waals surface area contributed by atoms with Crippen molar-refractivity contribution in [3.8, 4) is 6.07 Å². The number of nitrogens with zero attached hydrogens (tertiary/aromatic N) is 4. The van der Waals surface area contributed by atoms with Crippen molar-refractivity contribution >= 4 is 18.2 Å². The molecule has 0 aromatic rings. The molecule has 0 aromatic carbocycles. The molecule has 2 atom stereocenters. The van der Waals surface area contributed by atoms with Gasteiger partial charge in [-0.2, -0.15) is 5.26 Å². The first kappa shape index (κ1) is 28.3. The van der Waals surface area contributed by atoms with Gasteiger partial charge in [0.05, 0.1) is 0 Å². The lowest BCUT2D eigenvalue weighted by Crippen LogP contribution is -2.44. The number of allylic oxidation sites excluding steroid dienone is 2. The molecule has 2 amide bonds. The molecule has 0 saturated carbocycles. The third-order valence-electron chi connectivity index (χ3n) is 4.64. The molecule has 1 unspecified atom stereocenters. The zero-order valence-electron chi connectivity index (χ0n) is 20.0. The zero-order valence-corrected chi connectivity index (χ0v) is 20.0. The van der Waals surface area contributed by atoms with Gasteiger partial charge in [-0.1, -0.05) is 24.2 Å². The maximum absolute atomic E-state index is 12.1. The van der Waals surface area contributed by atoms with Crippen molar-refractivity contribution in [3.63, 3.8) is 0 Å². The van der Waals surface area contributed by atoms with Crippen LogP contribution in [0.1, 0.15) is 53.4 Å². The molecule has 1 aliphatic carbocycles. The number of carbonyl (C=O) groups is 3. The molecule has 12 nitrogen and oxygen atoms in total. The Hall–Kier alpha value is -3.71. The number of ether oxygens (including phenoxy) is 3. The second kappa shape index (κ2) is 14.4. The Bertz CT molecular complexity index is 879. The number of hydrogen-bond donors (Lipinski definition) is 2. The van der Waals surface area contributed by atoms with Crippen molar-refractivity contribution in [2.75, 3.05) is 19.8 Å². The highest BCUT2D eigenvalue weighted by Crippen LogP contribution is 2.26. The van der Waals surface area contributed by atoms with Crippen LogP contribution in [-0.2, 0) is 19.0 Å². The Kier molecular flexibility index (Phi) is 12.0. The SMILES string of the molecule is CC1CC=CC(N=[N+]=[N-])=C1COC(=O)NCCCC[C@H](NC(=O)OC(C)(C)C)C(=O)OCC#N. The van der Waals surface area contributed by atoms with Crippen LogP contribution < -0.4 is 10.6 Å². The van der Waals surface area contributed by atoms with E-state index in [4.69, 9.17) is 25.0 Å². The normalized spacial score (nSPS) is 15.9. The lowest BCUT2D eigenvalue weighted by molar-refractivity contribution is -0.145. The van der Waals surface area contributed by atoms with Crippen molar-refractivity contribution in [1.82, 2.24) is 10.6 Å². The van der Waals surface area contributed by atoms with E-state index in [0.717, 1.165) is 12.0 Å². The molecule has 1 rings (SSSR count). The molecule has 0 spiro atoms. The van der Waals surface area contributed by atoms with Crippen molar-refractivity contribution < 1.29 is 28.6 Å². The van der Waals surface area contributed by atoms with Crippen LogP contribution in [0.25, 0.3) is 10.4 Å². The minimum atomic E-state index is -0.984. The quantitative estimate of drug-likeness (QED) is 0.113. The average Bonchev–Trinajstić information content (AvgIpc) is 2.75. The fourth-order valence-electron chi connectivity index (χ4n) is 3.01. The minimum absolute atomic E-state index is 0.0122. The zero-order chi connectivity index (χ0) is 25.6. The van der Waals surface area contributed by atoms with E-state index in [-0.39, 0.29) is 25.5 Å². The van der Waals surface area contributed by atoms with Crippen LogP contribution in [0.5, 0.6) is 0 Å². The summed E-state index contributed by atoms with van der Waals surface area (Å²) in [7, 11) is 0. The van der Waals surface area contributed by atoms with Crippen LogP contribution in [-0.4, -0.2) is 49.6 Å². The van der Waals surface area contributed by atoms with Gasteiger partial charge in [-0.15, -0.1) is 0 Å². The Labute approximate surface area is 198 Å². The van der Waals surface area contributed by atoms with E-state index in [9.17, 15) is 14.4 Å². The Morgan fingerprint density at radius 3 is 2.68 bits per heavy atom. The molecular weight excluding hydrogens is 444 g/mol. The minimum Gasteiger partial charge on any atom is -0.449 e. The van der Waals surface area contributed by atoms with E-state index in [1.54, 1.807) is 32.9 Å². The van der Waals surface area contributed by atoms with Crippen molar-refractivity contribution in [1.29, 1.82) is 5.26 Å². The molecule has 0 radical (unpaired) electrons. The third kappa shape index (κ3) is 11.2. The van der Waals surface area contributed by atoms with Gasteiger partial charge in [0.15, 0.2) is 6.61 Å². The van der Waals surface area contributed by atoms with Crippen LogP contribution in [0.3, 0.4) is 0 Å². The summed E-state index contributed by atoms with van der Waals surface area (Å²) in [5.41, 5.74) is 9.15. The Morgan fingerprint density at radius 2 is 2.03 bits per heavy atom. The van der Waals surface area contributed by atoms with E-state index in [1.165, 1.54) is 0 Å². The maximum atomic E-state index is 12.1. The molecular formula is C22H32N6O6. The van der Waals surface area contributed by atoms with Gasteiger partial charge in [0.1, 0.15) is 24.3 Å². The summed E-state index contributed by atoms with van der Waals surface area (Å²) < 4.78 is 15.2. The van der Waals surface area contributed by atoms with Crippen LogP contribution in [0, 0.1) is 17.2 Å². The first-order valence-corrected chi connectivity index (χ1v) is 11.0. The third-order valence-corrected chi connectivity index (χ3v) is 4.64. The van der Waals surface area contributed by atoms with E-state index in [0.29, 0.717) is 18.5 Å². The summed E-state index contributed by atoms with van der Waals surface area (Å²) in [4.78, 5) is 38.9. The van der Waals surface area contributed by atoms with Crippen molar-refractivity contribution in [3.05, 3.63) is 33.9 Å². The number of unbranched alkanes of at least 4 members (excludes halogenated alkanes) is 1. The molecule has 0 saturated heterocycles. The van der Waals surface area contributed by atoms with Gasteiger partial charge in [-0.05, 0) is 63.5 Å². The van der Waals surface area contributed by atoms with E-state index in [2.05, 4.69) is 20.7 Å². The molecule has 0 fully saturated rings. The monoisotopic (exact) mass is 476 g/mol. The number of alkyl carbamates (subject to hydrolysis) is 2. The Morgan fingerprint density at radius 1 is 1.29 bits per heavy atom. The van der Waals surface area contributed by atoms with Crippen molar-refractivity contribution in [2.24, 2.45) is 11.0 Å². The first-order valence-electron chi connectivity index (χ1n) is 11.0. The van der Waals surface area contributed by atoms with E-state index in [1.807, 2.05) is 13.0 Å². The second-order valence-corrected chi connectivity index (χ2v) is 8.60. The average molecular weight is 477 g/mol. The van der Waals surface area contributed by atoms with Gasteiger partial charge >= 0.3 is 18.2 Å². The lowest BCUT2D eigenvalue weighted by Gasteiger charge is -2.22. The van der Waals surface area contributed by atoms with E-state index < -0.39 is 36.4 Å². The van der Waals surface area contributed by atoms with Crippen LogP contribution in [0.2, 0.25) is 0 Å². The van der Waals surface area contributed by atoms with Gasteiger partial charge in [0.2, 0.25) is 0 Å². The summed E-state index contributed by atoms with van der Waals surface area (Å²) in [5.74, 6) is -0.645. The number of azide groups is 1. The topological polar surface area (TPSA) is 176 Å². The fraction of sp³-hybridized carbons (Fsp3) is 0.636. The van der Waals surface area contributed by atoms with Crippen LogP contribution in [0.15, 0.2) is 28.5 Å². The summed E-state index contributed by atoms with van der Waals surface area (Å²) >= 11 is 0. The van der Waals surface area contributed by atoms with Gasteiger partial charge in [-0.25, -0.2) is 14.4 Å². The molecule has 0 bridgehead atoms. The number of carbonyl (C=O) groups excluding carboxylic acids is 3. The highest BCUT2D eigenvalue weighted by atomic mass is 16.6. The van der Waals surface area contributed by atoms with Crippen LogP contribution in [0.4, 0.5) is 9.59 Å². The molecule has 0 aromatic heterocycles.